The third kappa shape index (κ3) is 7.46. The molecule has 0 unspecified atom stereocenters. The van der Waals surface area contributed by atoms with E-state index in [2.05, 4.69) is 0 Å². The molecule has 0 aromatic rings. The van der Waals surface area contributed by atoms with Crippen LogP contribution in [0.3, 0.4) is 0 Å². The predicted octanol–water partition coefficient (Wildman–Crippen LogP) is 7.74. The Kier molecular flexibility index (Phi) is 9.97. The van der Waals surface area contributed by atoms with E-state index in [0.717, 1.165) is 23.6 Å². The highest BCUT2D eigenvalue weighted by atomic mass is 16.5. The van der Waals surface area contributed by atoms with Crippen LogP contribution in [0.4, 0.5) is 0 Å². The van der Waals surface area contributed by atoms with Crippen LogP contribution in [-0.2, 0) is 9.47 Å². The number of aliphatic imine (C=N–C) groups is 2. The molecule has 0 radical (unpaired) electrons. The minimum atomic E-state index is 0.510. The lowest BCUT2D eigenvalue weighted by Crippen LogP contribution is -2.27. The van der Waals surface area contributed by atoms with Crippen molar-refractivity contribution in [3.63, 3.8) is 0 Å². The average Bonchev–Trinajstić information content (AvgIpc) is 2.89. The van der Waals surface area contributed by atoms with E-state index in [1.807, 2.05) is 14.2 Å². The first kappa shape index (κ1) is 25.0. The lowest BCUT2D eigenvalue weighted by Gasteiger charge is -2.33. The van der Waals surface area contributed by atoms with Crippen LogP contribution in [-0.4, -0.2) is 38.1 Å². The zero-order valence-corrected chi connectivity index (χ0v) is 21.6. The molecule has 0 aromatic heterocycles. The van der Waals surface area contributed by atoms with Crippen LogP contribution in [0.25, 0.3) is 0 Å². The summed E-state index contributed by atoms with van der Waals surface area (Å²) in [6, 6.07) is 1.02. The summed E-state index contributed by atoms with van der Waals surface area (Å²) in [5.74, 6) is 5.16. The van der Waals surface area contributed by atoms with Gasteiger partial charge >= 0.3 is 0 Å². The summed E-state index contributed by atoms with van der Waals surface area (Å²) in [6.45, 7) is 0. The third-order valence-corrected chi connectivity index (χ3v) is 9.25. The highest BCUT2D eigenvalue weighted by molar-refractivity contribution is 5.79. The zero-order valence-electron chi connectivity index (χ0n) is 21.6. The Labute approximate surface area is 203 Å². The smallest absolute Gasteiger partial charge is 0.186 e. The molecule has 0 aliphatic heterocycles. The molecule has 4 rings (SSSR count). The number of hydrogen-bond donors (Lipinski definition) is 0. The number of methoxy groups -OCH3 is 2. The van der Waals surface area contributed by atoms with Gasteiger partial charge in [-0.3, -0.25) is 9.98 Å². The van der Waals surface area contributed by atoms with Crippen molar-refractivity contribution in [2.24, 2.45) is 33.7 Å². The second-order valence-electron chi connectivity index (χ2n) is 11.6. The Bertz CT molecular complexity index is 564. The monoisotopic (exact) mass is 458 g/mol. The number of rotatable bonds is 6. The van der Waals surface area contributed by atoms with Crippen LogP contribution >= 0.6 is 0 Å². The molecule has 188 valence electrons. The van der Waals surface area contributed by atoms with E-state index in [-0.39, 0.29) is 0 Å². The van der Waals surface area contributed by atoms with Crippen molar-refractivity contribution in [3.8, 4) is 0 Å². The van der Waals surface area contributed by atoms with Crippen LogP contribution in [0.2, 0.25) is 0 Å². The average molecular weight is 459 g/mol. The van der Waals surface area contributed by atoms with Gasteiger partial charge in [-0.05, 0) is 95.3 Å². The topological polar surface area (TPSA) is 43.2 Å². The molecule has 4 aliphatic carbocycles. The maximum absolute atomic E-state index is 5.76. The second-order valence-corrected chi connectivity index (χ2v) is 11.6. The summed E-state index contributed by atoms with van der Waals surface area (Å²) < 4.78 is 11.5. The van der Waals surface area contributed by atoms with Crippen molar-refractivity contribution in [2.45, 2.75) is 134 Å². The maximum atomic E-state index is 5.76. The molecule has 0 atom stereocenters. The summed E-state index contributed by atoms with van der Waals surface area (Å²) in [4.78, 5) is 10.2. The summed E-state index contributed by atoms with van der Waals surface area (Å²) >= 11 is 0. The minimum absolute atomic E-state index is 0.510. The fourth-order valence-corrected chi connectivity index (χ4v) is 7.20. The lowest BCUT2D eigenvalue weighted by molar-refractivity contribution is 0.222. The van der Waals surface area contributed by atoms with Gasteiger partial charge in [0.15, 0.2) is 11.8 Å². The fourth-order valence-electron chi connectivity index (χ4n) is 7.20. The molecule has 4 fully saturated rings. The van der Waals surface area contributed by atoms with E-state index in [9.17, 15) is 0 Å². The predicted molar refractivity (Wildman–Crippen MR) is 138 cm³/mol. The van der Waals surface area contributed by atoms with Gasteiger partial charge in [-0.1, -0.05) is 38.5 Å². The Morgan fingerprint density at radius 2 is 0.879 bits per heavy atom. The van der Waals surface area contributed by atoms with Gasteiger partial charge in [0.1, 0.15) is 0 Å². The molecule has 4 aliphatic rings. The quantitative estimate of drug-likeness (QED) is 0.302. The SMILES string of the molecule is CO/C(=N\C1CCC(CC2CCC(/N=C(\OC)C3CCCCC3)CC2)CC1)C1CCCCC1. The first-order valence-electron chi connectivity index (χ1n) is 14.5. The van der Waals surface area contributed by atoms with E-state index >= 15 is 0 Å². The van der Waals surface area contributed by atoms with Crippen LogP contribution in [0.5, 0.6) is 0 Å². The van der Waals surface area contributed by atoms with E-state index in [4.69, 9.17) is 19.5 Å². The van der Waals surface area contributed by atoms with E-state index < -0.39 is 0 Å². The van der Waals surface area contributed by atoms with Gasteiger partial charge in [0.2, 0.25) is 0 Å². The number of nitrogens with zero attached hydrogens (tertiary/aromatic N) is 2. The third-order valence-electron chi connectivity index (χ3n) is 9.25. The van der Waals surface area contributed by atoms with E-state index in [1.165, 1.54) is 122 Å². The Morgan fingerprint density at radius 1 is 0.515 bits per heavy atom. The Hall–Kier alpha value is -1.06. The largest absolute Gasteiger partial charge is 0.484 e. The molecule has 4 nitrogen and oxygen atoms in total. The van der Waals surface area contributed by atoms with Gasteiger partial charge in [0, 0.05) is 11.8 Å². The standard InChI is InChI=1S/C29H50N2O2/c1-32-28(24-9-5-3-6-10-24)30-26-17-13-22(14-18-26)21-23-15-19-27(20-16-23)31-29(33-2)25-11-7-4-8-12-25/h22-27H,3-21H2,1-2H3/b30-28-,31-29-. The summed E-state index contributed by atoms with van der Waals surface area (Å²) in [6.07, 6.45) is 25.2. The molecule has 0 N–H and O–H groups in total. The molecule has 0 aromatic carbocycles. The molecule has 0 saturated heterocycles. The molecule has 0 spiro atoms. The molecule has 33 heavy (non-hydrogen) atoms. The summed E-state index contributed by atoms with van der Waals surface area (Å²) in [7, 11) is 3.68. The second kappa shape index (κ2) is 13.1. The van der Waals surface area contributed by atoms with Gasteiger partial charge in [-0.15, -0.1) is 0 Å². The minimum Gasteiger partial charge on any atom is -0.484 e. The van der Waals surface area contributed by atoms with Gasteiger partial charge in [-0.2, -0.15) is 0 Å². The molecular weight excluding hydrogens is 408 g/mol. The van der Waals surface area contributed by atoms with Crippen molar-refractivity contribution < 1.29 is 9.47 Å². The van der Waals surface area contributed by atoms with Crippen LogP contribution in [0.15, 0.2) is 9.98 Å². The lowest BCUT2D eigenvalue weighted by atomic mass is 9.76. The van der Waals surface area contributed by atoms with Gasteiger partial charge in [0.25, 0.3) is 0 Å². The molecule has 4 saturated carbocycles. The summed E-state index contributed by atoms with van der Waals surface area (Å²) in [5, 5.41) is 0. The van der Waals surface area contributed by atoms with E-state index in [1.54, 1.807) is 0 Å². The molecule has 0 heterocycles. The van der Waals surface area contributed by atoms with Crippen molar-refractivity contribution in [1.29, 1.82) is 0 Å². The highest BCUT2D eigenvalue weighted by Crippen LogP contribution is 2.37. The number of ether oxygens (including phenoxy) is 2. The molecule has 0 bridgehead atoms. The Morgan fingerprint density at radius 3 is 1.21 bits per heavy atom. The summed E-state index contributed by atoms with van der Waals surface area (Å²) in [5.41, 5.74) is 0. The molecule has 4 heteroatoms. The normalized spacial score (nSPS) is 33.6. The van der Waals surface area contributed by atoms with E-state index in [0.29, 0.717) is 23.9 Å². The van der Waals surface area contributed by atoms with Gasteiger partial charge in [-0.25, -0.2) is 0 Å². The number of hydrogen-bond acceptors (Lipinski definition) is 4. The zero-order chi connectivity index (χ0) is 22.9. The molecular formula is C29H50N2O2. The van der Waals surface area contributed by atoms with Crippen molar-refractivity contribution in [2.75, 3.05) is 14.2 Å². The van der Waals surface area contributed by atoms with Crippen LogP contribution < -0.4 is 0 Å². The first-order chi connectivity index (χ1) is 16.2. The van der Waals surface area contributed by atoms with Crippen molar-refractivity contribution in [1.82, 2.24) is 0 Å². The first-order valence-corrected chi connectivity index (χ1v) is 14.5. The molecule has 0 amide bonds. The van der Waals surface area contributed by atoms with Crippen LogP contribution in [0, 0.1) is 23.7 Å². The van der Waals surface area contributed by atoms with Gasteiger partial charge < -0.3 is 9.47 Å². The Balaban J connectivity index is 1.18. The maximum Gasteiger partial charge on any atom is 0.186 e. The fraction of sp³-hybridized carbons (Fsp3) is 0.931. The van der Waals surface area contributed by atoms with Gasteiger partial charge in [0.05, 0.1) is 26.3 Å². The van der Waals surface area contributed by atoms with Crippen molar-refractivity contribution in [3.05, 3.63) is 0 Å². The van der Waals surface area contributed by atoms with Crippen molar-refractivity contribution >= 4 is 11.8 Å². The van der Waals surface area contributed by atoms with Crippen LogP contribution in [0.1, 0.15) is 122 Å². The highest BCUT2D eigenvalue weighted by Gasteiger charge is 2.29.